The van der Waals surface area contributed by atoms with Crippen molar-refractivity contribution < 1.29 is 14.2 Å². The first-order chi connectivity index (χ1) is 18.2. The molecule has 0 amide bonds. The van der Waals surface area contributed by atoms with Gasteiger partial charge in [-0.1, -0.05) is 12.1 Å². The molecule has 8 nitrogen and oxygen atoms in total. The second-order valence-electron chi connectivity index (χ2n) is 10.3. The number of fused-ring (bicyclic) bond motifs is 1. The normalized spacial score (nSPS) is 18.8. The van der Waals surface area contributed by atoms with Gasteiger partial charge in [-0.3, -0.25) is 0 Å². The highest BCUT2D eigenvalue weighted by atomic mass is 16.5. The summed E-state index contributed by atoms with van der Waals surface area (Å²) in [6.45, 7) is 5.02. The molecule has 2 aliphatic heterocycles. The lowest BCUT2D eigenvalue weighted by molar-refractivity contribution is -0.191. The molecule has 0 radical (unpaired) electrons. The zero-order valence-corrected chi connectivity index (χ0v) is 20.4. The fourth-order valence-corrected chi connectivity index (χ4v) is 5.66. The number of nitrogens with zero attached hydrogens (tertiary/aromatic N) is 4. The first kappa shape index (κ1) is 22.3. The van der Waals surface area contributed by atoms with Crippen LogP contribution < -0.4 is 9.64 Å². The molecule has 2 saturated heterocycles. The van der Waals surface area contributed by atoms with Crippen molar-refractivity contribution >= 4 is 16.7 Å². The minimum absolute atomic E-state index is 0.148. The zero-order chi connectivity index (χ0) is 24.8. The summed E-state index contributed by atoms with van der Waals surface area (Å²) in [4.78, 5) is 14.8. The van der Waals surface area contributed by atoms with Gasteiger partial charge >= 0.3 is 0 Å². The SMILES string of the molecule is N#Cc1cc(-c2ncnc3[nH]c(-c4ccc(N5CCOCC5)cc4)cc23)ccc1OC1CC2(COC2)C1. The number of benzene rings is 2. The van der Waals surface area contributed by atoms with Gasteiger partial charge in [-0.2, -0.15) is 5.26 Å². The second-order valence-corrected chi connectivity index (χ2v) is 10.3. The minimum atomic E-state index is 0.148. The number of nitriles is 1. The van der Waals surface area contributed by atoms with Gasteiger partial charge in [0.25, 0.3) is 0 Å². The van der Waals surface area contributed by atoms with Crippen LogP contribution >= 0.6 is 0 Å². The van der Waals surface area contributed by atoms with Crippen LogP contribution in [-0.4, -0.2) is 60.6 Å². The van der Waals surface area contributed by atoms with E-state index >= 15 is 0 Å². The third-order valence-electron chi connectivity index (χ3n) is 7.79. The summed E-state index contributed by atoms with van der Waals surface area (Å²) >= 11 is 0. The van der Waals surface area contributed by atoms with Crippen LogP contribution in [0.4, 0.5) is 5.69 Å². The monoisotopic (exact) mass is 493 g/mol. The molecule has 3 fully saturated rings. The van der Waals surface area contributed by atoms with E-state index in [1.807, 2.05) is 18.2 Å². The average Bonchev–Trinajstić information content (AvgIpc) is 3.35. The number of hydrogen-bond acceptors (Lipinski definition) is 7. The zero-order valence-electron chi connectivity index (χ0n) is 20.4. The summed E-state index contributed by atoms with van der Waals surface area (Å²) < 4.78 is 17.0. The predicted molar refractivity (Wildman–Crippen MR) is 139 cm³/mol. The van der Waals surface area contributed by atoms with E-state index in [1.54, 1.807) is 6.33 Å². The first-order valence-electron chi connectivity index (χ1n) is 12.8. The molecule has 1 spiro atoms. The van der Waals surface area contributed by atoms with Gasteiger partial charge in [-0.25, -0.2) is 9.97 Å². The van der Waals surface area contributed by atoms with Gasteiger partial charge in [0, 0.05) is 40.8 Å². The Balaban J connectivity index is 1.15. The number of aromatic amines is 1. The van der Waals surface area contributed by atoms with E-state index in [2.05, 4.69) is 56.3 Å². The lowest BCUT2D eigenvalue weighted by atomic mass is 9.65. The molecule has 0 unspecified atom stereocenters. The molecule has 8 heteroatoms. The van der Waals surface area contributed by atoms with Crippen molar-refractivity contribution in [1.29, 1.82) is 5.26 Å². The van der Waals surface area contributed by atoms with Gasteiger partial charge in [0.15, 0.2) is 0 Å². The molecule has 4 aromatic rings. The molecule has 1 saturated carbocycles. The van der Waals surface area contributed by atoms with Crippen LogP contribution in [0.5, 0.6) is 5.75 Å². The molecular formula is C29H27N5O3. The van der Waals surface area contributed by atoms with Crippen LogP contribution in [0, 0.1) is 16.7 Å². The summed E-state index contributed by atoms with van der Waals surface area (Å²) in [6, 6.07) is 18.7. The maximum atomic E-state index is 9.84. The van der Waals surface area contributed by atoms with Gasteiger partial charge in [0.2, 0.25) is 0 Å². The number of morpholine rings is 1. The van der Waals surface area contributed by atoms with Gasteiger partial charge < -0.3 is 24.1 Å². The molecule has 0 bridgehead atoms. The second kappa shape index (κ2) is 8.87. The Morgan fingerprint density at radius 3 is 2.49 bits per heavy atom. The van der Waals surface area contributed by atoms with Crippen molar-refractivity contribution in [2.45, 2.75) is 18.9 Å². The molecular weight excluding hydrogens is 466 g/mol. The fraction of sp³-hybridized carbons (Fsp3) is 0.345. The number of aromatic nitrogens is 3. The van der Waals surface area contributed by atoms with Crippen LogP contribution in [-0.2, 0) is 9.47 Å². The van der Waals surface area contributed by atoms with Crippen molar-refractivity contribution in [3.05, 3.63) is 60.4 Å². The average molecular weight is 494 g/mol. The summed E-state index contributed by atoms with van der Waals surface area (Å²) in [5.74, 6) is 0.631. The van der Waals surface area contributed by atoms with Crippen molar-refractivity contribution in [2.75, 3.05) is 44.4 Å². The van der Waals surface area contributed by atoms with Crippen LogP contribution in [0.1, 0.15) is 18.4 Å². The number of rotatable bonds is 5. The molecule has 3 aliphatic rings. The molecule has 186 valence electrons. The van der Waals surface area contributed by atoms with Crippen LogP contribution in [0.25, 0.3) is 33.5 Å². The molecule has 7 rings (SSSR count). The summed E-state index contributed by atoms with van der Waals surface area (Å²) in [6.07, 6.45) is 3.69. The van der Waals surface area contributed by atoms with E-state index in [0.717, 1.165) is 85.9 Å². The maximum Gasteiger partial charge on any atom is 0.141 e. The molecule has 0 atom stereocenters. The Hall–Kier alpha value is -3.93. The standard InChI is InChI=1S/C29H27N5O3/c30-15-21-11-20(3-6-26(21)37-23-13-29(14-23)16-36-17-29)27-24-12-25(33-28(24)32-18-31-27)19-1-4-22(5-2-19)34-7-9-35-10-8-34/h1-6,11-12,18,23H,7-10,13-14,16-17H2,(H,31,32,33). The molecule has 4 heterocycles. The summed E-state index contributed by atoms with van der Waals surface area (Å²) in [7, 11) is 0. The van der Waals surface area contributed by atoms with Crippen LogP contribution in [0.15, 0.2) is 54.9 Å². The van der Waals surface area contributed by atoms with E-state index in [0.29, 0.717) is 16.7 Å². The van der Waals surface area contributed by atoms with Gasteiger partial charge in [0.1, 0.15) is 29.9 Å². The van der Waals surface area contributed by atoms with Crippen LogP contribution in [0.2, 0.25) is 0 Å². The number of hydrogen-bond donors (Lipinski definition) is 1. The molecule has 2 aromatic carbocycles. The molecule has 37 heavy (non-hydrogen) atoms. The van der Waals surface area contributed by atoms with Gasteiger partial charge in [-0.15, -0.1) is 0 Å². The predicted octanol–water partition coefficient (Wildman–Crippen LogP) is 4.56. The van der Waals surface area contributed by atoms with Crippen LogP contribution in [0.3, 0.4) is 0 Å². The molecule has 1 aliphatic carbocycles. The Kier molecular flexibility index (Phi) is 5.34. The first-order valence-corrected chi connectivity index (χ1v) is 12.8. The largest absolute Gasteiger partial charge is 0.489 e. The third-order valence-corrected chi connectivity index (χ3v) is 7.79. The van der Waals surface area contributed by atoms with Crippen molar-refractivity contribution in [3.8, 4) is 34.3 Å². The minimum Gasteiger partial charge on any atom is -0.489 e. The highest BCUT2D eigenvalue weighted by Gasteiger charge is 2.51. The van der Waals surface area contributed by atoms with E-state index in [-0.39, 0.29) is 6.10 Å². The lowest BCUT2D eigenvalue weighted by Gasteiger charge is -2.52. The number of anilines is 1. The third kappa shape index (κ3) is 4.01. The number of H-pyrrole nitrogens is 1. The van der Waals surface area contributed by atoms with E-state index < -0.39 is 0 Å². The van der Waals surface area contributed by atoms with Gasteiger partial charge in [-0.05, 0) is 54.8 Å². The maximum absolute atomic E-state index is 9.84. The van der Waals surface area contributed by atoms with E-state index in [4.69, 9.17) is 14.2 Å². The van der Waals surface area contributed by atoms with Gasteiger partial charge in [0.05, 0.1) is 37.7 Å². The number of ether oxygens (including phenoxy) is 3. The van der Waals surface area contributed by atoms with Crippen molar-refractivity contribution in [3.63, 3.8) is 0 Å². The Labute approximate surface area is 214 Å². The number of nitrogens with one attached hydrogen (secondary N) is 1. The highest BCUT2D eigenvalue weighted by Crippen LogP contribution is 2.48. The smallest absolute Gasteiger partial charge is 0.141 e. The topological polar surface area (TPSA) is 96.3 Å². The molecule has 1 N–H and O–H groups in total. The lowest BCUT2D eigenvalue weighted by Crippen LogP contribution is -2.56. The Bertz CT molecular complexity index is 1490. The van der Waals surface area contributed by atoms with Crippen molar-refractivity contribution in [2.24, 2.45) is 5.41 Å². The quantitative estimate of drug-likeness (QED) is 0.435. The summed E-state index contributed by atoms with van der Waals surface area (Å²) in [5.41, 5.74) is 6.51. The fourth-order valence-electron chi connectivity index (χ4n) is 5.66. The highest BCUT2D eigenvalue weighted by molar-refractivity contribution is 5.94. The molecule has 2 aromatic heterocycles. The Morgan fingerprint density at radius 1 is 0.973 bits per heavy atom. The van der Waals surface area contributed by atoms with Crippen molar-refractivity contribution in [1.82, 2.24) is 15.0 Å². The Morgan fingerprint density at radius 2 is 1.76 bits per heavy atom. The van der Waals surface area contributed by atoms with E-state index in [9.17, 15) is 5.26 Å². The van der Waals surface area contributed by atoms with E-state index in [1.165, 1.54) is 5.69 Å². The summed E-state index contributed by atoms with van der Waals surface area (Å²) in [5, 5.41) is 10.8.